The summed E-state index contributed by atoms with van der Waals surface area (Å²) in [5.41, 5.74) is 7.98. The lowest BCUT2D eigenvalue weighted by Crippen LogP contribution is -2.42. The maximum atomic E-state index is 12.4. The summed E-state index contributed by atoms with van der Waals surface area (Å²) in [6, 6.07) is 7.52. The highest BCUT2D eigenvalue weighted by molar-refractivity contribution is 5.84. The van der Waals surface area contributed by atoms with Gasteiger partial charge in [-0.05, 0) is 18.4 Å². The SMILES string of the molecule is CCc1oc2ccccc2c1CN(C)C(=O)[C@@H](N)CC(C)C. The molecule has 0 aliphatic heterocycles. The molecule has 4 nitrogen and oxygen atoms in total. The van der Waals surface area contributed by atoms with Crippen LogP contribution >= 0.6 is 0 Å². The molecule has 1 atom stereocenters. The molecule has 2 N–H and O–H groups in total. The normalized spacial score (nSPS) is 12.8. The molecular formula is C18H26N2O2. The van der Waals surface area contributed by atoms with Crippen molar-refractivity contribution in [1.29, 1.82) is 0 Å². The van der Waals surface area contributed by atoms with Crippen LogP contribution in [0.2, 0.25) is 0 Å². The molecule has 0 bridgehead atoms. The van der Waals surface area contributed by atoms with E-state index in [2.05, 4.69) is 20.8 Å². The molecule has 0 saturated carbocycles. The molecule has 2 rings (SSSR count). The van der Waals surface area contributed by atoms with E-state index in [1.807, 2.05) is 31.3 Å². The first-order valence-electron chi connectivity index (χ1n) is 7.93. The summed E-state index contributed by atoms with van der Waals surface area (Å²) in [6.07, 6.45) is 1.51. The third kappa shape index (κ3) is 3.50. The fourth-order valence-electron chi connectivity index (χ4n) is 2.82. The Morgan fingerprint density at radius 3 is 2.64 bits per heavy atom. The molecule has 1 heterocycles. The Morgan fingerprint density at radius 2 is 2.00 bits per heavy atom. The molecule has 0 radical (unpaired) electrons. The summed E-state index contributed by atoms with van der Waals surface area (Å²) in [5.74, 6) is 1.34. The first kappa shape index (κ1) is 16.6. The van der Waals surface area contributed by atoms with Gasteiger partial charge in [0, 0.05) is 31.0 Å². The van der Waals surface area contributed by atoms with Crippen molar-refractivity contribution in [3.8, 4) is 0 Å². The van der Waals surface area contributed by atoms with Gasteiger partial charge >= 0.3 is 0 Å². The number of nitrogens with zero attached hydrogens (tertiary/aromatic N) is 1. The Labute approximate surface area is 132 Å². The van der Waals surface area contributed by atoms with E-state index in [9.17, 15) is 4.79 Å². The van der Waals surface area contributed by atoms with Gasteiger partial charge in [-0.3, -0.25) is 4.79 Å². The van der Waals surface area contributed by atoms with Crippen molar-refractivity contribution in [1.82, 2.24) is 4.90 Å². The Kier molecular flexibility index (Phi) is 5.24. The smallest absolute Gasteiger partial charge is 0.239 e. The van der Waals surface area contributed by atoms with Crippen LogP contribution in [0, 0.1) is 5.92 Å². The zero-order valence-electron chi connectivity index (χ0n) is 13.9. The van der Waals surface area contributed by atoms with E-state index in [1.54, 1.807) is 4.90 Å². The number of fused-ring (bicyclic) bond motifs is 1. The summed E-state index contributed by atoms with van der Waals surface area (Å²) in [5, 5.41) is 1.08. The highest BCUT2D eigenvalue weighted by Gasteiger charge is 2.22. The zero-order valence-corrected chi connectivity index (χ0v) is 13.9. The van der Waals surface area contributed by atoms with Crippen molar-refractivity contribution in [3.63, 3.8) is 0 Å². The molecule has 0 unspecified atom stereocenters. The summed E-state index contributed by atoms with van der Waals surface area (Å²) < 4.78 is 5.88. The maximum absolute atomic E-state index is 12.4. The number of nitrogens with two attached hydrogens (primary N) is 1. The fourth-order valence-corrected chi connectivity index (χ4v) is 2.82. The van der Waals surface area contributed by atoms with Gasteiger partial charge in [0.2, 0.25) is 5.91 Å². The molecule has 4 heteroatoms. The number of amides is 1. The van der Waals surface area contributed by atoms with Crippen LogP contribution in [0.3, 0.4) is 0 Å². The second-order valence-corrected chi connectivity index (χ2v) is 6.28. The number of furan rings is 1. The van der Waals surface area contributed by atoms with Crippen LogP contribution in [-0.4, -0.2) is 23.9 Å². The monoisotopic (exact) mass is 302 g/mol. The Bertz CT molecular complexity index is 646. The lowest BCUT2D eigenvalue weighted by atomic mass is 10.0. The average Bonchev–Trinajstić information content (AvgIpc) is 2.83. The van der Waals surface area contributed by atoms with Crippen molar-refractivity contribution in [3.05, 3.63) is 35.6 Å². The largest absolute Gasteiger partial charge is 0.461 e. The van der Waals surface area contributed by atoms with E-state index in [1.165, 1.54) is 0 Å². The predicted octanol–water partition coefficient (Wildman–Crippen LogP) is 3.33. The van der Waals surface area contributed by atoms with Crippen molar-refractivity contribution in [2.24, 2.45) is 11.7 Å². The van der Waals surface area contributed by atoms with Crippen LogP contribution < -0.4 is 5.73 Å². The molecule has 120 valence electrons. The van der Waals surface area contributed by atoms with E-state index < -0.39 is 6.04 Å². The number of rotatable bonds is 6. The lowest BCUT2D eigenvalue weighted by Gasteiger charge is -2.22. The van der Waals surface area contributed by atoms with Crippen LogP contribution in [0.15, 0.2) is 28.7 Å². The van der Waals surface area contributed by atoms with Gasteiger partial charge in [0.25, 0.3) is 0 Å². The second kappa shape index (κ2) is 6.97. The highest BCUT2D eigenvalue weighted by Crippen LogP contribution is 2.27. The molecule has 2 aromatic rings. The summed E-state index contributed by atoms with van der Waals surface area (Å²) in [4.78, 5) is 14.1. The predicted molar refractivity (Wildman–Crippen MR) is 89.5 cm³/mol. The van der Waals surface area contributed by atoms with Gasteiger partial charge in [0.05, 0.1) is 6.04 Å². The lowest BCUT2D eigenvalue weighted by molar-refractivity contribution is -0.132. The molecule has 0 aliphatic rings. The molecule has 1 amide bonds. The molecular weight excluding hydrogens is 276 g/mol. The number of hydrogen-bond acceptors (Lipinski definition) is 3. The molecule has 0 aliphatic carbocycles. The topological polar surface area (TPSA) is 59.5 Å². The van der Waals surface area contributed by atoms with Gasteiger partial charge in [-0.15, -0.1) is 0 Å². The first-order chi connectivity index (χ1) is 10.4. The van der Waals surface area contributed by atoms with E-state index in [0.29, 0.717) is 18.9 Å². The molecule has 1 aromatic heterocycles. The zero-order chi connectivity index (χ0) is 16.3. The third-order valence-corrected chi connectivity index (χ3v) is 3.92. The minimum absolute atomic E-state index is 0.0129. The quantitative estimate of drug-likeness (QED) is 0.890. The number of aryl methyl sites for hydroxylation is 1. The molecule has 0 fully saturated rings. The van der Waals surface area contributed by atoms with Crippen LogP contribution in [0.1, 0.15) is 38.5 Å². The molecule has 0 spiro atoms. The Hall–Kier alpha value is -1.81. The number of likely N-dealkylation sites (N-methyl/N-ethyl adjacent to an activating group) is 1. The molecule has 1 aromatic carbocycles. The molecule has 22 heavy (non-hydrogen) atoms. The van der Waals surface area contributed by atoms with Gasteiger partial charge in [0.15, 0.2) is 0 Å². The first-order valence-corrected chi connectivity index (χ1v) is 7.93. The van der Waals surface area contributed by atoms with Crippen molar-refractivity contribution in [2.45, 2.75) is 46.2 Å². The van der Waals surface area contributed by atoms with E-state index in [-0.39, 0.29) is 5.91 Å². The highest BCUT2D eigenvalue weighted by atomic mass is 16.3. The number of para-hydroxylation sites is 1. The third-order valence-electron chi connectivity index (χ3n) is 3.92. The molecule has 0 saturated heterocycles. The van der Waals surface area contributed by atoms with Crippen LogP contribution in [0.25, 0.3) is 11.0 Å². The van der Waals surface area contributed by atoms with Gasteiger partial charge in [-0.25, -0.2) is 0 Å². The van der Waals surface area contributed by atoms with Crippen LogP contribution in [-0.2, 0) is 17.8 Å². The van der Waals surface area contributed by atoms with Crippen LogP contribution in [0.5, 0.6) is 0 Å². The van der Waals surface area contributed by atoms with Crippen molar-refractivity contribution < 1.29 is 9.21 Å². The Morgan fingerprint density at radius 1 is 1.32 bits per heavy atom. The number of benzene rings is 1. The number of carbonyl (C=O) groups excluding carboxylic acids is 1. The summed E-state index contributed by atoms with van der Waals surface area (Å²) >= 11 is 0. The minimum atomic E-state index is -0.437. The summed E-state index contributed by atoms with van der Waals surface area (Å²) in [6.45, 7) is 6.75. The second-order valence-electron chi connectivity index (χ2n) is 6.28. The maximum Gasteiger partial charge on any atom is 0.239 e. The van der Waals surface area contributed by atoms with Crippen molar-refractivity contribution >= 4 is 16.9 Å². The van der Waals surface area contributed by atoms with Gasteiger partial charge in [0.1, 0.15) is 11.3 Å². The van der Waals surface area contributed by atoms with Gasteiger partial charge < -0.3 is 15.1 Å². The number of hydrogen-bond donors (Lipinski definition) is 1. The summed E-state index contributed by atoms with van der Waals surface area (Å²) in [7, 11) is 1.81. The standard InChI is InChI=1S/C18H26N2O2/c1-5-16-14(13-8-6-7-9-17(13)22-16)11-20(4)18(21)15(19)10-12(2)3/h6-9,12,15H,5,10-11,19H2,1-4H3/t15-/m0/s1. The number of carbonyl (C=O) groups is 1. The van der Waals surface area contributed by atoms with Gasteiger partial charge in [-0.2, -0.15) is 0 Å². The van der Waals surface area contributed by atoms with E-state index >= 15 is 0 Å². The van der Waals surface area contributed by atoms with E-state index in [4.69, 9.17) is 10.2 Å². The Balaban J connectivity index is 2.21. The average molecular weight is 302 g/mol. The van der Waals surface area contributed by atoms with Crippen molar-refractivity contribution in [2.75, 3.05) is 7.05 Å². The van der Waals surface area contributed by atoms with Gasteiger partial charge in [-0.1, -0.05) is 39.0 Å². The minimum Gasteiger partial charge on any atom is -0.461 e. The van der Waals surface area contributed by atoms with E-state index in [0.717, 1.165) is 28.7 Å². The fraction of sp³-hybridized carbons (Fsp3) is 0.500. The van der Waals surface area contributed by atoms with Crippen LogP contribution in [0.4, 0.5) is 0 Å².